The van der Waals surface area contributed by atoms with Crippen molar-refractivity contribution >= 4 is 27.5 Å². The van der Waals surface area contributed by atoms with Crippen molar-refractivity contribution in [3.8, 4) is 0 Å². The summed E-state index contributed by atoms with van der Waals surface area (Å²) >= 11 is 9.61. The van der Waals surface area contributed by atoms with Crippen LogP contribution >= 0.6 is 27.5 Å². The van der Waals surface area contributed by atoms with E-state index >= 15 is 0 Å². The number of rotatable bonds is 5. The fourth-order valence-corrected chi connectivity index (χ4v) is 2.46. The first-order chi connectivity index (χ1) is 9.04. The Morgan fingerprint density at radius 1 is 1.42 bits per heavy atom. The fraction of sp³-hybridized carbons (Fsp3) is 0.357. The summed E-state index contributed by atoms with van der Waals surface area (Å²) in [5, 5.41) is 8.49. The van der Waals surface area contributed by atoms with Gasteiger partial charge >= 0.3 is 0 Å². The highest BCUT2D eigenvalue weighted by Crippen LogP contribution is 2.22. The maximum absolute atomic E-state index is 6.21. The van der Waals surface area contributed by atoms with Gasteiger partial charge in [0.1, 0.15) is 0 Å². The summed E-state index contributed by atoms with van der Waals surface area (Å²) in [5.41, 5.74) is 2.25. The van der Waals surface area contributed by atoms with E-state index in [0.29, 0.717) is 12.6 Å². The smallest absolute Gasteiger partial charge is 0.0674 e. The van der Waals surface area contributed by atoms with Gasteiger partial charge in [-0.05, 0) is 17.7 Å². The van der Waals surface area contributed by atoms with Crippen molar-refractivity contribution < 1.29 is 0 Å². The summed E-state index contributed by atoms with van der Waals surface area (Å²) in [7, 11) is 0. The molecule has 1 aromatic carbocycles. The van der Waals surface area contributed by atoms with Gasteiger partial charge in [0.25, 0.3) is 0 Å². The van der Waals surface area contributed by atoms with Crippen LogP contribution in [0.2, 0.25) is 5.02 Å². The van der Waals surface area contributed by atoms with E-state index in [4.69, 9.17) is 11.6 Å². The van der Waals surface area contributed by atoms with Crippen molar-refractivity contribution in [2.24, 2.45) is 0 Å². The van der Waals surface area contributed by atoms with Crippen LogP contribution < -0.4 is 5.32 Å². The number of benzene rings is 1. The van der Waals surface area contributed by atoms with E-state index in [1.54, 1.807) is 0 Å². The number of nitrogens with one attached hydrogen (secondary N) is 1. The number of halogens is 2. The van der Waals surface area contributed by atoms with Crippen LogP contribution in [0.5, 0.6) is 0 Å². The zero-order valence-corrected chi connectivity index (χ0v) is 13.4. The molecular weight excluding hydrogens is 326 g/mol. The predicted octanol–water partition coefficient (Wildman–Crippen LogP) is 3.85. The van der Waals surface area contributed by atoms with E-state index in [1.165, 1.54) is 5.56 Å². The monoisotopic (exact) mass is 341 g/mol. The molecule has 2 rings (SSSR count). The third kappa shape index (κ3) is 4.34. The molecule has 5 heteroatoms. The second-order valence-electron chi connectivity index (χ2n) is 4.82. The summed E-state index contributed by atoms with van der Waals surface area (Å²) in [6.07, 6.45) is 3.94. The van der Waals surface area contributed by atoms with Gasteiger partial charge in [-0.2, -0.15) is 5.10 Å². The molecule has 2 aromatic rings. The number of nitrogens with zero attached hydrogens (tertiary/aromatic N) is 2. The number of hydrogen-bond acceptors (Lipinski definition) is 2. The first kappa shape index (κ1) is 14.6. The van der Waals surface area contributed by atoms with E-state index < -0.39 is 0 Å². The Morgan fingerprint density at radius 3 is 2.89 bits per heavy atom. The van der Waals surface area contributed by atoms with E-state index in [0.717, 1.165) is 21.6 Å². The molecule has 0 bridgehead atoms. The zero-order valence-electron chi connectivity index (χ0n) is 11.0. The molecule has 1 heterocycles. The predicted molar refractivity (Wildman–Crippen MR) is 82.5 cm³/mol. The highest BCUT2D eigenvalue weighted by atomic mass is 79.9. The Hall–Kier alpha value is -0.840. The molecule has 0 saturated carbocycles. The van der Waals surface area contributed by atoms with Crippen LogP contribution in [0, 0.1) is 0 Å². The van der Waals surface area contributed by atoms with Crippen molar-refractivity contribution in [1.29, 1.82) is 0 Å². The topological polar surface area (TPSA) is 29.9 Å². The van der Waals surface area contributed by atoms with Gasteiger partial charge < -0.3 is 5.32 Å². The van der Waals surface area contributed by atoms with Gasteiger partial charge in [0.2, 0.25) is 0 Å². The van der Waals surface area contributed by atoms with E-state index in [1.807, 2.05) is 35.3 Å². The van der Waals surface area contributed by atoms with Crippen LogP contribution in [0.4, 0.5) is 0 Å². The van der Waals surface area contributed by atoms with Gasteiger partial charge in [-0.3, -0.25) is 4.68 Å². The van der Waals surface area contributed by atoms with E-state index in [2.05, 4.69) is 40.2 Å². The Balaban J connectivity index is 2.03. The molecule has 0 radical (unpaired) electrons. The summed E-state index contributed by atoms with van der Waals surface area (Å²) in [6.45, 7) is 5.79. The minimum absolute atomic E-state index is 0.476. The summed E-state index contributed by atoms with van der Waals surface area (Å²) in [6, 6.07) is 6.39. The molecular formula is C14H17BrClN3. The number of aromatic nitrogens is 2. The molecule has 1 aromatic heterocycles. The standard InChI is InChI=1S/C14H17BrClN3/c1-10(2)17-6-11-7-18-19(8-11)9-12-3-4-13(15)5-14(12)16/h3-5,7-8,10,17H,6,9H2,1-2H3. The van der Waals surface area contributed by atoms with Gasteiger partial charge in [-0.25, -0.2) is 0 Å². The molecule has 0 aliphatic carbocycles. The second-order valence-corrected chi connectivity index (χ2v) is 6.14. The average molecular weight is 343 g/mol. The lowest BCUT2D eigenvalue weighted by Gasteiger charge is -2.06. The molecule has 0 aliphatic heterocycles. The van der Waals surface area contributed by atoms with Crippen LogP contribution in [0.3, 0.4) is 0 Å². The molecule has 0 amide bonds. The first-order valence-electron chi connectivity index (χ1n) is 6.23. The fourth-order valence-electron chi connectivity index (χ4n) is 1.73. The van der Waals surface area contributed by atoms with Crippen molar-refractivity contribution in [3.05, 3.63) is 51.2 Å². The SMILES string of the molecule is CC(C)NCc1cnn(Cc2ccc(Br)cc2Cl)c1. The molecule has 0 saturated heterocycles. The minimum atomic E-state index is 0.476. The molecule has 0 unspecified atom stereocenters. The van der Waals surface area contributed by atoms with Crippen LogP contribution in [-0.2, 0) is 13.1 Å². The molecule has 19 heavy (non-hydrogen) atoms. The van der Waals surface area contributed by atoms with Crippen LogP contribution in [0.25, 0.3) is 0 Å². The van der Waals surface area contributed by atoms with Crippen LogP contribution in [0.15, 0.2) is 35.1 Å². The number of hydrogen-bond donors (Lipinski definition) is 1. The zero-order chi connectivity index (χ0) is 13.8. The first-order valence-corrected chi connectivity index (χ1v) is 7.40. The third-order valence-corrected chi connectivity index (χ3v) is 3.59. The molecule has 0 atom stereocenters. The molecule has 3 nitrogen and oxygen atoms in total. The Morgan fingerprint density at radius 2 is 2.21 bits per heavy atom. The third-order valence-electron chi connectivity index (χ3n) is 2.75. The minimum Gasteiger partial charge on any atom is -0.310 e. The lowest BCUT2D eigenvalue weighted by Crippen LogP contribution is -2.21. The van der Waals surface area contributed by atoms with Gasteiger partial charge in [0, 0.05) is 33.8 Å². The van der Waals surface area contributed by atoms with Gasteiger partial charge in [-0.1, -0.05) is 47.4 Å². The van der Waals surface area contributed by atoms with Crippen molar-refractivity contribution in [2.75, 3.05) is 0 Å². The lowest BCUT2D eigenvalue weighted by molar-refractivity contribution is 0.588. The largest absolute Gasteiger partial charge is 0.310 e. The highest BCUT2D eigenvalue weighted by molar-refractivity contribution is 9.10. The summed E-state index contributed by atoms with van der Waals surface area (Å²) in [4.78, 5) is 0. The molecule has 1 N–H and O–H groups in total. The van der Waals surface area contributed by atoms with Crippen LogP contribution in [-0.4, -0.2) is 15.8 Å². The van der Waals surface area contributed by atoms with E-state index in [-0.39, 0.29) is 0 Å². The quantitative estimate of drug-likeness (QED) is 0.894. The van der Waals surface area contributed by atoms with Gasteiger partial charge in [-0.15, -0.1) is 0 Å². The van der Waals surface area contributed by atoms with Crippen molar-refractivity contribution in [3.63, 3.8) is 0 Å². The van der Waals surface area contributed by atoms with Crippen LogP contribution in [0.1, 0.15) is 25.0 Å². The van der Waals surface area contributed by atoms with Crippen molar-refractivity contribution in [1.82, 2.24) is 15.1 Å². The summed E-state index contributed by atoms with van der Waals surface area (Å²) in [5.74, 6) is 0. The second kappa shape index (κ2) is 6.55. The molecule has 0 aliphatic rings. The van der Waals surface area contributed by atoms with Crippen molar-refractivity contribution in [2.45, 2.75) is 33.0 Å². The van der Waals surface area contributed by atoms with Gasteiger partial charge in [0.15, 0.2) is 0 Å². The Kier molecular flexibility index (Phi) is 5.02. The Bertz CT molecular complexity index is 551. The van der Waals surface area contributed by atoms with Gasteiger partial charge in [0.05, 0.1) is 12.7 Å². The lowest BCUT2D eigenvalue weighted by atomic mass is 10.2. The Labute approximate surface area is 127 Å². The average Bonchev–Trinajstić information content (AvgIpc) is 2.78. The molecule has 102 valence electrons. The maximum atomic E-state index is 6.21. The highest BCUT2D eigenvalue weighted by Gasteiger charge is 2.04. The molecule has 0 fully saturated rings. The maximum Gasteiger partial charge on any atom is 0.0674 e. The molecule has 0 spiro atoms. The summed E-state index contributed by atoms with van der Waals surface area (Å²) < 4.78 is 2.90. The van der Waals surface area contributed by atoms with E-state index in [9.17, 15) is 0 Å². The normalized spacial score (nSPS) is 11.2.